The van der Waals surface area contributed by atoms with Gasteiger partial charge in [0, 0.05) is 27.4 Å². The standard InChI is InChI=1S/C16H48O8Si7/c1-17-31(18-2,19-3)16-15-30(14,23-28(9,10)11)24-29(12,13)22-26(5)20-25(4)21-27(6,7)8/h25-26H,15-16H2,1-14H3. The number of hydrogen-bond donors (Lipinski definition) is 0. The molecule has 31 heavy (non-hydrogen) atoms. The van der Waals surface area contributed by atoms with Gasteiger partial charge in [0.2, 0.25) is 0 Å². The first-order valence-corrected chi connectivity index (χ1v) is 29.1. The molecule has 0 aromatic rings. The highest BCUT2D eigenvalue weighted by molar-refractivity contribution is 6.88. The van der Waals surface area contributed by atoms with Crippen LogP contribution >= 0.6 is 0 Å². The van der Waals surface area contributed by atoms with Crippen molar-refractivity contribution in [2.24, 2.45) is 0 Å². The molecule has 0 rings (SSSR count). The molecule has 0 spiro atoms. The summed E-state index contributed by atoms with van der Waals surface area (Å²) in [6.45, 7) is 23.5. The van der Waals surface area contributed by atoms with Crippen molar-refractivity contribution in [1.29, 1.82) is 0 Å². The minimum Gasteiger partial charge on any atom is -0.439 e. The molecule has 0 N–H and O–H groups in total. The molecule has 188 valence electrons. The van der Waals surface area contributed by atoms with Gasteiger partial charge in [-0.05, 0) is 78.1 Å². The van der Waals surface area contributed by atoms with Crippen LogP contribution in [0.15, 0.2) is 0 Å². The lowest BCUT2D eigenvalue weighted by Crippen LogP contribution is -2.57. The molecular weight excluding hydrogens is 517 g/mol. The van der Waals surface area contributed by atoms with Crippen molar-refractivity contribution in [1.82, 2.24) is 0 Å². The molecule has 0 aliphatic heterocycles. The Labute approximate surface area is 200 Å². The van der Waals surface area contributed by atoms with Crippen molar-refractivity contribution in [3.05, 3.63) is 0 Å². The average molecular weight is 565 g/mol. The van der Waals surface area contributed by atoms with E-state index in [9.17, 15) is 0 Å². The lowest BCUT2D eigenvalue weighted by molar-refractivity contribution is 0.124. The van der Waals surface area contributed by atoms with Gasteiger partial charge in [0.1, 0.15) is 0 Å². The Morgan fingerprint density at radius 1 is 0.581 bits per heavy atom. The monoisotopic (exact) mass is 564 g/mol. The van der Waals surface area contributed by atoms with Crippen molar-refractivity contribution >= 4 is 61.1 Å². The summed E-state index contributed by atoms with van der Waals surface area (Å²) in [6, 6.07) is 1.37. The quantitative estimate of drug-likeness (QED) is 0.260. The summed E-state index contributed by atoms with van der Waals surface area (Å²) < 4.78 is 49.0. The van der Waals surface area contributed by atoms with Crippen LogP contribution in [0.25, 0.3) is 0 Å². The third-order valence-electron chi connectivity index (χ3n) is 4.15. The zero-order valence-electron chi connectivity index (χ0n) is 22.3. The van der Waals surface area contributed by atoms with E-state index in [2.05, 4.69) is 72.0 Å². The molecule has 8 nitrogen and oxygen atoms in total. The predicted octanol–water partition coefficient (Wildman–Crippen LogP) is 4.09. The Kier molecular flexibility index (Phi) is 13.3. The number of rotatable bonds is 16. The molecule has 0 heterocycles. The van der Waals surface area contributed by atoms with Gasteiger partial charge in [0.05, 0.1) is 0 Å². The molecule has 0 aromatic heterocycles. The first-order valence-electron chi connectivity index (χ1n) is 10.9. The molecule has 0 saturated heterocycles. The summed E-state index contributed by atoms with van der Waals surface area (Å²) in [6.07, 6.45) is 0. The second-order valence-electron chi connectivity index (χ2n) is 10.3. The first kappa shape index (κ1) is 32.2. The van der Waals surface area contributed by atoms with Crippen LogP contribution in [-0.4, -0.2) is 82.5 Å². The van der Waals surface area contributed by atoms with Gasteiger partial charge in [-0.25, -0.2) is 0 Å². The zero-order valence-corrected chi connectivity index (χ0v) is 29.6. The van der Waals surface area contributed by atoms with Crippen LogP contribution in [0.5, 0.6) is 0 Å². The van der Waals surface area contributed by atoms with Crippen molar-refractivity contribution < 1.29 is 33.9 Å². The van der Waals surface area contributed by atoms with Gasteiger partial charge in [-0.1, -0.05) is 0 Å². The molecule has 0 saturated carbocycles. The van der Waals surface area contributed by atoms with Gasteiger partial charge in [-0.2, -0.15) is 0 Å². The summed E-state index contributed by atoms with van der Waals surface area (Å²) in [5, 5.41) is 0. The zero-order chi connectivity index (χ0) is 24.7. The smallest absolute Gasteiger partial charge is 0.439 e. The molecule has 0 fully saturated rings. The van der Waals surface area contributed by atoms with E-state index >= 15 is 0 Å². The maximum absolute atomic E-state index is 6.75. The fourth-order valence-electron chi connectivity index (χ4n) is 3.47. The lowest BCUT2D eigenvalue weighted by Gasteiger charge is -2.41. The van der Waals surface area contributed by atoms with Crippen LogP contribution < -0.4 is 0 Å². The highest BCUT2D eigenvalue weighted by atomic mass is 28.5. The van der Waals surface area contributed by atoms with Crippen LogP contribution in [0, 0.1) is 0 Å². The molecular formula is C16H48O8Si7. The topological polar surface area (TPSA) is 73.8 Å². The maximum Gasteiger partial charge on any atom is 0.500 e. The SMILES string of the molecule is CO[Si](CC[Si](C)(O[Si](C)(C)C)O[Si](C)(C)O[SiH](C)O[SiH](C)O[Si](C)(C)C)(OC)OC. The van der Waals surface area contributed by atoms with Crippen molar-refractivity contribution in [3.8, 4) is 0 Å². The molecule has 0 bridgehead atoms. The summed E-state index contributed by atoms with van der Waals surface area (Å²) in [5.41, 5.74) is 0. The normalized spacial score (nSPS) is 18.0. The molecule has 0 radical (unpaired) electrons. The highest BCUT2D eigenvalue weighted by Gasteiger charge is 2.48. The van der Waals surface area contributed by atoms with E-state index in [4.69, 9.17) is 33.9 Å². The minimum atomic E-state index is -2.71. The molecule has 0 amide bonds. The van der Waals surface area contributed by atoms with E-state index in [0.717, 1.165) is 6.04 Å². The second kappa shape index (κ2) is 12.8. The van der Waals surface area contributed by atoms with Crippen LogP contribution in [0.2, 0.25) is 84.1 Å². The van der Waals surface area contributed by atoms with Gasteiger partial charge < -0.3 is 33.9 Å². The Hall–Kier alpha value is 1.20. The molecule has 0 aromatic carbocycles. The fourth-order valence-corrected chi connectivity index (χ4v) is 29.7. The molecule has 3 unspecified atom stereocenters. The van der Waals surface area contributed by atoms with Gasteiger partial charge in [-0.3, -0.25) is 0 Å². The molecule has 3 atom stereocenters. The van der Waals surface area contributed by atoms with Crippen molar-refractivity contribution in [2.45, 2.75) is 84.1 Å². The summed E-state index contributed by atoms with van der Waals surface area (Å²) >= 11 is 0. The minimum absolute atomic E-state index is 0.645. The third-order valence-corrected chi connectivity index (χ3v) is 27.2. The largest absolute Gasteiger partial charge is 0.500 e. The highest BCUT2D eigenvalue weighted by Crippen LogP contribution is 2.30. The Bertz CT molecular complexity index is 517. The Morgan fingerprint density at radius 3 is 1.42 bits per heavy atom. The van der Waals surface area contributed by atoms with Gasteiger partial charge >= 0.3 is 25.9 Å². The average Bonchev–Trinajstić information content (AvgIpc) is 2.51. The second-order valence-corrected chi connectivity index (χ2v) is 34.3. The predicted molar refractivity (Wildman–Crippen MR) is 144 cm³/mol. The fraction of sp³-hybridized carbons (Fsp3) is 1.00. The Morgan fingerprint density at radius 2 is 1.03 bits per heavy atom. The van der Waals surface area contributed by atoms with E-state index in [1.54, 1.807) is 21.3 Å². The number of hydrogen-bond acceptors (Lipinski definition) is 8. The molecule has 0 aliphatic carbocycles. The van der Waals surface area contributed by atoms with Gasteiger partial charge in [0.15, 0.2) is 16.6 Å². The van der Waals surface area contributed by atoms with Gasteiger partial charge in [0.25, 0.3) is 18.6 Å². The third kappa shape index (κ3) is 14.3. The van der Waals surface area contributed by atoms with E-state index in [1.807, 2.05) is 0 Å². The Balaban J connectivity index is 5.30. The van der Waals surface area contributed by atoms with E-state index < -0.39 is 61.1 Å². The van der Waals surface area contributed by atoms with Crippen LogP contribution in [0.1, 0.15) is 0 Å². The summed E-state index contributed by atoms with van der Waals surface area (Å²) in [4.78, 5) is 0. The van der Waals surface area contributed by atoms with Crippen molar-refractivity contribution in [3.63, 3.8) is 0 Å². The lowest BCUT2D eigenvalue weighted by atomic mass is 10.9. The van der Waals surface area contributed by atoms with E-state index in [-0.39, 0.29) is 0 Å². The molecule has 15 heteroatoms. The van der Waals surface area contributed by atoms with Crippen molar-refractivity contribution in [2.75, 3.05) is 21.3 Å². The van der Waals surface area contributed by atoms with Gasteiger partial charge in [-0.15, -0.1) is 0 Å². The molecule has 0 aliphatic rings. The summed E-state index contributed by atoms with van der Waals surface area (Å²) in [7, 11) is -9.90. The maximum atomic E-state index is 6.75. The van der Waals surface area contributed by atoms with Crippen LogP contribution in [-0.2, 0) is 33.9 Å². The first-order chi connectivity index (χ1) is 13.8. The summed E-state index contributed by atoms with van der Waals surface area (Å²) in [5.74, 6) is 0. The van der Waals surface area contributed by atoms with Crippen LogP contribution in [0.3, 0.4) is 0 Å². The van der Waals surface area contributed by atoms with E-state index in [1.165, 1.54) is 0 Å². The van der Waals surface area contributed by atoms with Crippen LogP contribution in [0.4, 0.5) is 0 Å². The van der Waals surface area contributed by atoms with E-state index in [0.29, 0.717) is 6.04 Å².